The van der Waals surface area contributed by atoms with E-state index in [1.807, 2.05) is 32.0 Å². The minimum absolute atomic E-state index is 0.0298. The number of nitrogens with zero attached hydrogens (tertiary/aromatic N) is 1. The first-order chi connectivity index (χ1) is 14.4. The van der Waals surface area contributed by atoms with Crippen molar-refractivity contribution < 1.29 is 22.7 Å². The molecular formula is C23H31NO5S. The number of hydrogen-bond acceptors (Lipinski definition) is 5. The van der Waals surface area contributed by atoms with Crippen molar-refractivity contribution in [1.29, 1.82) is 0 Å². The van der Waals surface area contributed by atoms with E-state index in [0.717, 1.165) is 18.4 Å². The Morgan fingerprint density at radius 1 is 0.967 bits per heavy atom. The lowest BCUT2D eigenvalue weighted by Crippen LogP contribution is -2.31. The zero-order valence-electron chi connectivity index (χ0n) is 18.2. The van der Waals surface area contributed by atoms with Crippen LogP contribution in [0.5, 0.6) is 11.5 Å². The Bertz CT molecular complexity index is 939. The smallest absolute Gasteiger partial charge is 0.254 e. The van der Waals surface area contributed by atoms with Crippen LogP contribution in [0.25, 0.3) is 0 Å². The van der Waals surface area contributed by atoms with E-state index in [1.165, 1.54) is 12.1 Å². The van der Waals surface area contributed by atoms with Gasteiger partial charge in [0.2, 0.25) is 0 Å². The van der Waals surface area contributed by atoms with E-state index >= 15 is 0 Å². The van der Waals surface area contributed by atoms with Gasteiger partial charge in [0.15, 0.2) is 21.3 Å². The molecule has 7 heteroatoms. The first-order valence-electron chi connectivity index (χ1n) is 10.3. The highest BCUT2D eigenvalue weighted by atomic mass is 32.2. The maximum Gasteiger partial charge on any atom is 0.254 e. The molecule has 0 fully saturated rings. The normalized spacial score (nSPS) is 11.2. The van der Waals surface area contributed by atoms with E-state index in [-0.39, 0.29) is 16.6 Å². The lowest BCUT2D eigenvalue weighted by atomic mass is 10.1. The van der Waals surface area contributed by atoms with Crippen LogP contribution in [0.15, 0.2) is 47.4 Å². The van der Waals surface area contributed by atoms with Gasteiger partial charge in [-0.25, -0.2) is 8.42 Å². The summed E-state index contributed by atoms with van der Waals surface area (Å²) in [6, 6.07) is 11.8. The zero-order valence-corrected chi connectivity index (χ0v) is 19.0. The summed E-state index contributed by atoms with van der Waals surface area (Å²) in [6.45, 7) is 7.28. The molecule has 0 aromatic heterocycles. The summed E-state index contributed by atoms with van der Waals surface area (Å²) in [5, 5.41) is 0. The van der Waals surface area contributed by atoms with Gasteiger partial charge < -0.3 is 14.4 Å². The minimum Gasteiger partial charge on any atom is -0.493 e. The molecule has 0 aliphatic heterocycles. The van der Waals surface area contributed by atoms with E-state index in [4.69, 9.17) is 9.47 Å². The highest BCUT2D eigenvalue weighted by Gasteiger charge is 2.18. The molecule has 6 nitrogen and oxygen atoms in total. The molecule has 2 aromatic rings. The van der Waals surface area contributed by atoms with E-state index in [0.29, 0.717) is 36.8 Å². The van der Waals surface area contributed by atoms with Crippen molar-refractivity contribution >= 4 is 15.7 Å². The number of ether oxygens (including phenoxy) is 2. The van der Waals surface area contributed by atoms with Gasteiger partial charge in [0, 0.05) is 18.7 Å². The third kappa shape index (κ3) is 5.98. The summed E-state index contributed by atoms with van der Waals surface area (Å²) in [7, 11) is -1.69. The molecule has 0 saturated carbocycles. The molecule has 164 valence electrons. The maximum absolute atomic E-state index is 13.1. The number of amides is 1. The molecule has 0 saturated heterocycles. The Hall–Kier alpha value is -2.54. The van der Waals surface area contributed by atoms with E-state index in [2.05, 4.69) is 0 Å². The highest BCUT2D eigenvalue weighted by molar-refractivity contribution is 7.91. The summed E-state index contributed by atoms with van der Waals surface area (Å²) in [5.74, 6) is 1.22. The number of methoxy groups -OCH3 is 1. The maximum atomic E-state index is 13.1. The minimum atomic E-state index is -3.29. The Morgan fingerprint density at radius 2 is 1.67 bits per heavy atom. The van der Waals surface area contributed by atoms with Gasteiger partial charge in [-0.3, -0.25) is 4.79 Å². The van der Waals surface area contributed by atoms with Crippen molar-refractivity contribution in [3.8, 4) is 11.5 Å². The van der Waals surface area contributed by atoms with Gasteiger partial charge in [0.1, 0.15) is 0 Å². The Kier molecular flexibility index (Phi) is 8.72. The lowest BCUT2D eigenvalue weighted by Gasteiger charge is -2.23. The van der Waals surface area contributed by atoms with Crippen LogP contribution in [-0.4, -0.2) is 45.2 Å². The Labute approximate surface area is 179 Å². The van der Waals surface area contributed by atoms with Crippen molar-refractivity contribution in [1.82, 2.24) is 4.90 Å². The van der Waals surface area contributed by atoms with Crippen molar-refractivity contribution in [2.75, 3.05) is 26.0 Å². The summed E-state index contributed by atoms with van der Waals surface area (Å²) >= 11 is 0. The van der Waals surface area contributed by atoms with Crippen molar-refractivity contribution in [2.45, 2.75) is 45.1 Å². The van der Waals surface area contributed by atoms with Crippen LogP contribution in [-0.2, 0) is 16.4 Å². The summed E-state index contributed by atoms with van der Waals surface area (Å²) in [4.78, 5) is 15.0. The third-order valence-corrected chi connectivity index (χ3v) is 6.43. The first kappa shape index (κ1) is 23.7. The van der Waals surface area contributed by atoms with Gasteiger partial charge in [0.25, 0.3) is 5.91 Å². The molecule has 0 bridgehead atoms. The van der Waals surface area contributed by atoms with Crippen LogP contribution in [0.3, 0.4) is 0 Å². The summed E-state index contributed by atoms with van der Waals surface area (Å²) < 4.78 is 35.1. The Balaban J connectivity index is 2.22. The fourth-order valence-corrected chi connectivity index (χ4v) is 3.92. The molecule has 0 heterocycles. The molecule has 0 radical (unpaired) electrons. The third-order valence-electron chi connectivity index (χ3n) is 4.68. The van der Waals surface area contributed by atoms with Crippen molar-refractivity contribution in [2.24, 2.45) is 0 Å². The van der Waals surface area contributed by atoms with E-state index < -0.39 is 9.84 Å². The first-order valence-corrected chi connectivity index (χ1v) is 11.9. The van der Waals surface area contributed by atoms with Gasteiger partial charge in [-0.2, -0.15) is 0 Å². The molecule has 0 aliphatic rings. The molecule has 0 unspecified atom stereocenters. The van der Waals surface area contributed by atoms with Crippen LogP contribution in [0.2, 0.25) is 0 Å². The highest BCUT2D eigenvalue weighted by Crippen LogP contribution is 2.29. The predicted molar refractivity (Wildman–Crippen MR) is 118 cm³/mol. The Morgan fingerprint density at radius 3 is 2.23 bits per heavy atom. The van der Waals surface area contributed by atoms with Gasteiger partial charge in [-0.15, -0.1) is 0 Å². The van der Waals surface area contributed by atoms with Crippen LogP contribution >= 0.6 is 0 Å². The molecule has 2 rings (SSSR count). The molecule has 0 N–H and O–H groups in total. The monoisotopic (exact) mass is 433 g/mol. The van der Waals surface area contributed by atoms with Crippen LogP contribution in [0.1, 0.15) is 49.5 Å². The lowest BCUT2D eigenvalue weighted by molar-refractivity contribution is 0.0743. The predicted octanol–water partition coefficient (Wildman–Crippen LogP) is 4.33. The second kappa shape index (κ2) is 11.0. The van der Waals surface area contributed by atoms with Gasteiger partial charge >= 0.3 is 0 Å². The van der Waals surface area contributed by atoms with E-state index in [9.17, 15) is 13.2 Å². The van der Waals surface area contributed by atoms with Crippen LogP contribution in [0.4, 0.5) is 0 Å². The molecule has 0 spiro atoms. The standard InChI is InChI=1S/C23H31NO5S/c1-5-14-24(17-18-8-13-21(29-15-6-2)22(16-18)28-4)23(25)19-9-11-20(12-10-19)30(26,27)7-3/h8-13,16H,5-7,14-15,17H2,1-4H3. The molecule has 30 heavy (non-hydrogen) atoms. The molecule has 1 amide bonds. The van der Waals surface area contributed by atoms with Crippen molar-refractivity contribution in [3.63, 3.8) is 0 Å². The van der Waals surface area contributed by atoms with Gasteiger partial charge in [-0.05, 0) is 54.8 Å². The molecular weight excluding hydrogens is 402 g/mol. The fourth-order valence-electron chi connectivity index (χ4n) is 3.04. The van der Waals surface area contributed by atoms with Crippen molar-refractivity contribution in [3.05, 3.63) is 53.6 Å². The quantitative estimate of drug-likeness (QED) is 0.527. The summed E-state index contributed by atoms with van der Waals surface area (Å²) in [5.41, 5.74) is 1.40. The molecule has 0 atom stereocenters. The van der Waals surface area contributed by atoms with Gasteiger partial charge in [-0.1, -0.05) is 26.8 Å². The zero-order chi connectivity index (χ0) is 22.1. The number of carbonyl (C=O) groups is 1. The fraction of sp³-hybridized carbons (Fsp3) is 0.435. The number of sulfone groups is 1. The number of rotatable bonds is 11. The number of hydrogen-bond donors (Lipinski definition) is 0. The van der Waals surface area contributed by atoms with E-state index in [1.54, 1.807) is 31.1 Å². The average Bonchev–Trinajstić information content (AvgIpc) is 2.77. The van der Waals surface area contributed by atoms with Crippen LogP contribution in [0, 0.1) is 0 Å². The average molecular weight is 434 g/mol. The summed E-state index contributed by atoms with van der Waals surface area (Å²) in [6.07, 6.45) is 1.71. The second-order valence-corrected chi connectivity index (χ2v) is 9.27. The van der Waals surface area contributed by atoms with Gasteiger partial charge in [0.05, 0.1) is 24.4 Å². The number of benzene rings is 2. The molecule has 0 aliphatic carbocycles. The number of carbonyl (C=O) groups excluding carboxylic acids is 1. The topological polar surface area (TPSA) is 72.9 Å². The SMILES string of the molecule is CCCOc1ccc(CN(CCC)C(=O)c2ccc(S(=O)(=O)CC)cc2)cc1OC. The second-order valence-electron chi connectivity index (χ2n) is 6.99. The molecule has 2 aromatic carbocycles. The van der Waals surface area contributed by atoms with Crippen LogP contribution < -0.4 is 9.47 Å². The largest absolute Gasteiger partial charge is 0.493 e.